The second-order valence-corrected chi connectivity index (χ2v) is 5.16. The quantitative estimate of drug-likeness (QED) is 0.849. The molecule has 0 aliphatic carbocycles. The van der Waals surface area contributed by atoms with Gasteiger partial charge in [-0.05, 0) is 39.5 Å². The summed E-state index contributed by atoms with van der Waals surface area (Å²) in [5.74, 6) is 1.41. The number of nitrogens with zero attached hydrogens (tertiary/aromatic N) is 2. The second kappa shape index (κ2) is 5.35. The zero-order chi connectivity index (χ0) is 13.1. The average molecular weight is 307 g/mol. The van der Waals surface area contributed by atoms with E-state index in [-0.39, 0.29) is 0 Å². The third-order valence-corrected chi connectivity index (χ3v) is 2.93. The zero-order valence-corrected chi connectivity index (χ0v) is 11.9. The Kier molecular flexibility index (Phi) is 3.81. The van der Waals surface area contributed by atoms with Gasteiger partial charge in [0.1, 0.15) is 10.4 Å². The highest BCUT2D eigenvalue weighted by molar-refractivity contribution is 9.10. The molecule has 94 valence electrons. The lowest BCUT2D eigenvalue weighted by Crippen LogP contribution is -2.01. The summed E-state index contributed by atoms with van der Waals surface area (Å²) in [7, 11) is 0. The van der Waals surface area contributed by atoms with Crippen LogP contribution in [0.25, 0.3) is 0 Å². The summed E-state index contributed by atoms with van der Waals surface area (Å²) < 4.78 is 0.664. The van der Waals surface area contributed by atoms with Crippen LogP contribution in [0.3, 0.4) is 0 Å². The highest BCUT2D eigenvalue weighted by atomic mass is 79.9. The van der Waals surface area contributed by atoms with Crippen molar-refractivity contribution in [2.45, 2.75) is 19.8 Å². The summed E-state index contributed by atoms with van der Waals surface area (Å²) in [6, 6.07) is 9.85. The molecule has 5 heteroatoms. The normalized spacial score (nSPS) is 10.7. The fourth-order valence-corrected chi connectivity index (χ4v) is 2.00. The van der Waals surface area contributed by atoms with Crippen molar-refractivity contribution < 1.29 is 0 Å². The molecule has 18 heavy (non-hydrogen) atoms. The predicted molar refractivity (Wildman–Crippen MR) is 78.0 cm³/mol. The van der Waals surface area contributed by atoms with Crippen LogP contribution in [0.1, 0.15) is 25.3 Å². The Morgan fingerprint density at radius 3 is 2.67 bits per heavy atom. The Balaban J connectivity index is 2.25. The van der Waals surface area contributed by atoms with E-state index < -0.39 is 0 Å². The monoisotopic (exact) mass is 306 g/mol. The number of rotatable bonds is 3. The molecule has 0 fully saturated rings. The van der Waals surface area contributed by atoms with Crippen molar-refractivity contribution in [2.75, 3.05) is 11.1 Å². The third-order valence-electron chi connectivity index (χ3n) is 2.52. The first kappa shape index (κ1) is 12.8. The minimum absolute atomic E-state index is 0.430. The minimum Gasteiger partial charge on any atom is -0.383 e. The van der Waals surface area contributed by atoms with Gasteiger partial charge in [0.15, 0.2) is 0 Å². The second-order valence-electron chi connectivity index (χ2n) is 4.34. The van der Waals surface area contributed by atoms with E-state index in [1.54, 1.807) is 6.07 Å². The Morgan fingerprint density at radius 2 is 2.00 bits per heavy atom. The third kappa shape index (κ3) is 3.20. The Morgan fingerprint density at radius 1 is 1.22 bits per heavy atom. The van der Waals surface area contributed by atoms with Crippen LogP contribution < -0.4 is 11.1 Å². The molecule has 0 bridgehead atoms. The molecule has 0 amide bonds. The van der Waals surface area contributed by atoms with Gasteiger partial charge < -0.3 is 11.1 Å². The van der Waals surface area contributed by atoms with Crippen LogP contribution in [0.5, 0.6) is 0 Å². The molecule has 1 aromatic heterocycles. The molecule has 0 saturated heterocycles. The van der Waals surface area contributed by atoms with E-state index in [0.717, 1.165) is 5.69 Å². The van der Waals surface area contributed by atoms with Crippen LogP contribution in [-0.4, -0.2) is 9.97 Å². The fourth-order valence-electron chi connectivity index (χ4n) is 1.60. The summed E-state index contributed by atoms with van der Waals surface area (Å²) >= 11 is 3.29. The number of hydrogen-bond donors (Lipinski definition) is 2. The van der Waals surface area contributed by atoms with Crippen LogP contribution in [0.15, 0.2) is 34.9 Å². The maximum atomic E-state index is 5.67. The summed E-state index contributed by atoms with van der Waals surface area (Å²) in [5.41, 5.74) is 7.89. The zero-order valence-electron chi connectivity index (χ0n) is 10.3. The lowest BCUT2D eigenvalue weighted by molar-refractivity contribution is 0.867. The molecular formula is C13H15BrN4. The van der Waals surface area contributed by atoms with Crippen molar-refractivity contribution in [1.82, 2.24) is 9.97 Å². The van der Waals surface area contributed by atoms with Gasteiger partial charge in [-0.15, -0.1) is 0 Å². The van der Waals surface area contributed by atoms with Crippen molar-refractivity contribution in [1.29, 1.82) is 0 Å². The molecule has 0 saturated carbocycles. The van der Waals surface area contributed by atoms with Gasteiger partial charge in [-0.1, -0.05) is 26.0 Å². The first-order chi connectivity index (χ1) is 8.54. The number of nitrogen functional groups attached to an aromatic ring is 1. The van der Waals surface area contributed by atoms with E-state index in [0.29, 0.717) is 22.3 Å². The lowest BCUT2D eigenvalue weighted by Gasteiger charge is -2.09. The van der Waals surface area contributed by atoms with Crippen molar-refractivity contribution >= 4 is 33.4 Å². The fraction of sp³-hybridized carbons (Fsp3) is 0.231. The number of aromatic nitrogens is 2. The van der Waals surface area contributed by atoms with E-state index in [4.69, 9.17) is 5.73 Å². The summed E-state index contributed by atoms with van der Waals surface area (Å²) in [6.07, 6.45) is 0. The van der Waals surface area contributed by atoms with Gasteiger partial charge in [0.05, 0.1) is 0 Å². The Bertz CT molecular complexity index is 534. The molecule has 3 N–H and O–H groups in total. The first-order valence-electron chi connectivity index (χ1n) is 5.71. The van der Waals surface area contributed by atoms with E-state index in [1.807, 2.05) is 12.1 Å². The van der Waals surface area contributed by atoms with Gasteiger partial charge in [0.25, 0.3) is 0 Å². The van der Waals surface area contributed by atoms with Crippen molar-refractivity contribution in [3.8, 4) is 0 Å². The van der Waals surface area contributed by atoms with Gasteiger partial charge >= 0.3 is 0 Å². The van der Waals surface area contributed by atoms with Crippen LogP contribution in [0, 0.1) is 0 Å². The highest BCUT2D eigenvalue weighted by Gasteiger charge is 2.03. The van der Waals surface area contributed by atoms with E-state index in [2.05, 4.69) is 57.2 Å². The van der Waals surface area contributed by atoms with Crippen molar-refractivity contribution in [3.05, 3.63) is 40.5 Å². The van der Waals surface area contributed by atoms with Crippen LogP contribution in [0.4, 0.5) is 17.5 Å². The number of benzene rings is 1. The maximum absolute atomic E-state index is 5.67. The van der Waals surface area contributed by atoms with Crippen molar-refractivity contribution in [2.24, 2.45) is 0 Å². The van der Waals surface area contributed by atoms with Gasteiger partial charge in [-0.2, -0.15) is 4.98 Å². The summed E-state index contributed by atoms with van der Waals surface area (Å²) in [6.45, 7) is 4.32. The van der Waals surface area contributed by atoms with Gasteiger partial charge in [0.2, 0.25) is 5.95 Å². The van der Waals surface area contributed by atoms with Gasteiger partial charge in [-0.25, -0.2) is 4.98 Å². The Hall–Kier alpha value is -1.62. The van der Waals surface area contributed by atoms with Crippen LogP contribution in [0.2, 0.25) is 0 Å². The topological polar surface area (TPSA) is 63.8 Å². The molecule has 0 radical (unpaired) electrons. The smallest absolute Gasteiger partial charge is 0.230 e. The molecule has 0 unspecified atom stereocenters. The molecule has 2 aromatic rings. The largest absolute Gasteiger partial charge is 0.383 e. The number of nitrogens with one attached hydrogen (secondary N) is 1. The maximum Gasteiger partial charge on any atom is 0.230 e. The number of nitrogens with two attached hydrogens (primary N) is 1. The summed E-state index contributed by atoms with van der Waals surface area (Å²) in [5, 5.41) is 3.15. The minimum atomic E-state index is 0.430. The Labute approximate surface area is 115 Å². The van der Waals surface area contributed by atoms with Crippen molar-refractivity contribution in [3.63, 3.8) is 0 Å². The molecule has 1 heterocycles. The van der Waals surface area contributed by atoms with E-state index in [9.17, 15) is 0 Å². The summed E-state index contributed by atoms with van der Waals surface area (Å²) in [4.78, 5) is 8.35. The van der Waals surface area contributed by atoms with E-state index in [1.165, 1.54) is 5.56 Å². The molecule has 4 nitrogen and oxygen atoms in total. The number of hydrogen-bond acceptors (Lipinski definition) is 4. The number of halogens is 1. The molecule has 0 spiro atoms. The van der Waals surface area contributed by atoms with Crippen LogP contribution >= 0.6 is 15.9 Å². The lowest BCUT2D eigenvalue weighted by atomic mass is 10.0. The molecule has 0 aliphatic rings. The molecular weight excluding hydrogens is 292 g/mol. The predicted octanol–water partition coefficient (Wildman–Crippen LogP) is 3.69. The number of anilines is 3. The van der Waals surface area contributed by atoms with E-state index >= 15 is 0 Å². The molecule has 0 aliphatic heterocycles. The molecule has 2 rings (SSSR count). The van der Waals surface area contributed by atoms with Gasteiger partial charge in [-0.3, -0.25) is 0 Å². The highest BCUT2D eigenvalue weighted by Crippen LogP contribution is 2.21. The molecule has 1 aromatic carbocycles. The molecule has 0 atom stereocenters. The average Bonchev–Trinajstić information content (AvgIpc) is 2.27. The standard InChI is InChI=1S/C13H15BrN4/c1-8(2)9-4-3-5-10(6-9)16-13-17-11(14)7-12(15)18-13/h3-8H,1-2H3,(H3,15,16,17,18). The van der Waals surface area contributed by atoms with Crippen LogP contribution in [-0.2, 0) is 0 Å². The van der Waals surface area contributed by atoms with Gasteiger partial charge in [0, 0.05) is 11.8 Å². The SMILES string of the molecule is CC(C)c1cccc(Nc2nc(N)cc(Br)n2)c1. The first-order valence-corrected chi connectivity index (χ1v) is 6.51.